The SMILES string of the molecule is Cc1nc2ccccc2n1C1C[C@H]2COC[C@@H](C1)N2CC[C@H](NC(=O)CC(F)(F)F)c1ccccc1. The molecule has 192 valence electrons. The Bertz CT molecular complexity index is 1180. The summed E-state index contributed by atoms with van der Waals surface area (Å²) in [5.41, 5.74) is 2.95. The number of aryl methyl sites for hydroxylation is 1. The number of hydrogen-bond donors (Lipinski definition) is 1. The lowest BCUT2D eigenvalue weighted by atomic mass is 9.89. The van der Waals surface area contributed by atoms with E-state index in [0.29, 0.717) is 32.2 Å². The number of morpholine rings is 1. The molecule has 3 aromatic rings. The largest absolute Gasteiger partial charge is 0.397 e. The first-order chi connectivity index (χ1) is 17.3. The predicted octanol–water partition coefficient (Wildman–Crippen LogP) is 4.95. The molecule has 2 aromatic carbocycles. The van der Waals surface area contributed by atoms with Crippen molar-refractivity contribution < 1.29 is 22.7 Å². The quantitative estimate of drug-likeness (QED) is 0.499. The lowest BCUT2D eigenvalue weighted by molar-refractivity contribution is -0.154. The summed E-state index contributed by atoms with van der Waals surface area (Å²) < 4.78 is 46.6. The highest BCUT2D eigenvalue weighted by molar-refractivity contribution is 5.77. The number of ether oxygens (including phenoxy) is 1. The van der Waals surface area contributed by atoms with E-state index in [4.69, 9.17) is 9.72 Å². The van der Waals surface area contributed by atoms with Crippen molar-refractivity contribution in [2.24, 2.45) is 0 Å². The number of aromatic nitrogens is 2. The molecule has 1 unspecified atom stereocenters. The molecule has 0 radical (unpaired) electrons. The number of benzene rings is 2. The monoisotopic (exact) mass is 500 g/mol. The maximum atomic E-state index is 12.8. The molecule has 2 bridgehead atoms. The fourth-order valence-electron chi connectivity index (χ4n) is 5.88. The van der Waals surface area contributed by atoms with Gasteiger partial charge in [0, 0.05) is 24.7 Å². The van der Waals surface area contributed by atoms with Crippen molar-refractivity contribution in [3.8, 4) is 0 Å². The summed E-state index contributed by atoms with van der Waals surface area (Å²) in [5.74, 6) is 0.00575. The number of alkyl halides is 3. The van der Waals surface area contributed by atoms with E-state index in [2.05, 4.69) is 20.9 Å². The predicted molar refractivity (Wildman–Crippen MR) is 130 cm³/mol. The van der Waals surface area contributed by atoms with Gasteiger partial charge in [-0.15, -0.1) is 0 Å². The molecule has 6 nitrogen and oxygen atoms in total. The van der Waals surface area contributed by atoms with Crippen LogP contribution in [0.4, 0.5) is 13.2 Å². The number of amides is 1. The number of para-hydroxylation sites is 2. The first kappa shape index (κ1) is 24.8. The van der Waals surface area contributed by atoms with Crippen molar-refractivity contribution in [2.45, 2.75) is 63.0 Å². The topological polar surface area (TPSA) is 59.4 Å². The van der Waals surface area contributed by atoms with Crippen molar-refractivity contribution in [2.75, 3.05) is 19.8 Å². The maximum absolute atomic E-state index is 12.8. The molecule has 2 aliphatic heterocycles. The van der Waals surface area contributed by atoms with Crippen molar-refractivity contribution in [1.82, 2.24) is 19.8 Å². The third-order valence-electron chi connectivity index (χ3n) is 7.36. The Balaban J connectivity index is 1.30. The fourth-order valence-corrected chi connectivity index (χ4v) is 5.88. The summed E-state index contributed by atoms with van der Waals surface area (Å²) in [6.07, 6.45) is -3.66. The van der Waals surface area contributed by atoms with E-state index in [9.17, 15) is 18.0 Å². The minimum absolute atomic E-state index is 0.199. The van der Waals surface area contributed by atoms with E-state index in [-0.39, 0.29) is 12.1 Å². The van der Waals surface area contributed by atoms with Gasteiger partial charge in [-0.3, -0.25) is 9.69 Å². The fraction of sp³-hybridized carbons (Fsp3) is 0.481. The molecular formula is C27H31F3N4O2. The van der Waals surface area contributed by atoms with E-state index in [1.807, 2.05) is 55.5 Å². The molecule has 1 aromatic heterocycles. The van der Waals surface area contributed by atoms with Crippen LogP contribution in [0.3, 0.4) is 0 Å². The lowest BCUT2D eigenvalue weighted by Gasteiger charge is -2.49. The van der Waals surface area contributed by atoms with Gasteiger partial charge in [-0.1, -0.05) is 42.5 Å². The number of halogens is 3. The van der Waals surface area contributed by atoms with Crippen LogP contribution in [0.15, 0.2) is 54.6 Å². The zero-order chi connectivity index (χ0) is 25.3. The van der Waals surface area contributed by atoms with Crippen molar-refractivity contribution in [3.63, 3.8) is 0 Å². The van der Waals surface area contributed by atoms with E-state index in [1.165, 1.54) is 0 Å². The molecule has 9 heteroatoms. The third kappa shape index (κ3) is 5.42. The van der Waals surface area contributed by atoms with E-state index >= 15 is 0 Å². The normalized spacial score (nSPS) is 23.5. The Labute approximate surface area is 208 Å². The van der Waals surface area contributed by atoms with Gasteiger partial charge in [0.2, 0.25) is 5.91 Å². The smallest absolute Gasteiger partial charge is 0.378 e. The van der Waals surface area contributed by atoms with Crippen LogP contribution < -0.4 is 5.32 Å². The van der Waals surface area contributed by atoms with E-state index < -0.39 is 24.5 Å². The molecule has 0 saturated carbocycles. The molecule has 1 N–H and O–H groups in total. The number of carbonyl (C=O) groups is 1. The second-order valence-electron chi connectivity index (χ2n) is 9.84. The zero-order valence-electron chi connectivity index (χ0n) is 20.2. The molecule has 4 atom stereocenters. The van der Waals surface area contributed by atoms with Crippen LogP contribution >= 0.6 is 0 Å². The maximum Gasteiger partial charge on any atom is 0.397 e. The highest BCUT2D eigenvalue weighted by atomic mass is 19.4. The molecular weight excluding hydrogens is 469 g/mol. The van der Waals surface area contributed by atoms with Crippen LogP contribution in [0.5, 0.6) is 0 Å². The second-order valence-corrected chi connectivity index (χ2v) is 9.84. The Hall–Kier alpha value is -2.91. The van der Waals surface area contributed by atoms with Gasteiger partial charge < -0.3 is 14.6 Å². The van der Waals surface area contributed by atoms with Crippen LogP contribution in [0.25, 0.3) is 11.0 Å². The number of hydrogen-bond acceptors (Lipinski definition) is 4. The highest BCUT2D eigenvalue weighted by Crippen LogP contribution is 2.37. The van der Waals surface area contributed by atoms with Gasteiger partial charge in [-0.25, -0.2) is 4.98 Å². The van der Waals surface area contributed by atoms with Crippen LogP contribution in [0.1, 0.15) is 49.2 Å². The second kappa shape index (κ2) is 10.2. The number of fused-ring (bicyclic) bond motifs is 3. The number of piperidine rings is 1. The standard InChI is InChI=1S/C27H31F3N4O2/c1-18-31-24-9-5-6-10-25(24)34(18)20-13-21-16-36-17-22(14-20)33(21)12-11-23(19-7-3-2-4-8-19)32-26(35)15-27(28,29)30/h2-10,20-23H,11-17H2,1H3,(H,32,35)/t20?,21-,22+,23-/m0/s1. The summed E-state index contributed by atoms with van der Waals surface area (Å²) in [5, 5.41) is 2.62. The molecule has 2 saturated heterocycles. The lowest BCUT2D eigenvalue weighted by Crippen LogP contribution is -2.57. The minimum atomic E-state index is -4.53. The van der Waals surface area contributed by atoms with Gasteiger partial charge in [0.05, 0.1) is 30.3 Å². The van der Waals surface area contributed by atoms with Gasteiger partial charge in [0.15, 0.2) is 0 Å². The Morgan fingerprint density at radius 2 is 1.72 bits per heavy atom. The molecule has 2 aliphatic rings. The Kier molecular flexibility index (Phi) is 7.03. The average molecular weight is 501 g/mol. The molecule has 2 fully saturated rings. The first-order valence-corrected chi connectivity index (χ1v) is 12.5. The van der Waals surface area contributed by atoms with E-state index in [0.717, 1.165) is 35.3 Å². The molecule has 5 rings (SSSR count). The van der Waals surface area contributed by atoms with Gasteiger partial charge in [-0.2, -0.15) is 13.2 Å². The summed E-state index contributed by atoms with van der Waals surface area (Å²) >= 11 is 0. The molecule has 0 spiro atoms. The van der Waals surface area contributed by atoms with Gasteiger partial charge in [0.1, 0.15) is 12.2 Å². The summed E-state index contributed by atoms with van der Waals surface area (Å²) in [7, 11) is 0. The summed E-state index contributed by atoms with van der Waals surface area (Å²) in [4.78, 5) is 19.3. The summed E-state index contributed by atoms with van der Waals surface area (Å²) in [6, 6.07) is 17.6. The van der Waals surface area contributed by atoms with Crippen molar-refractivity contribution in [3.05, 3.63) is 66.0 Å². The zero-order valence-corrected chi connectivity index (χ0v) is 20.2. The van der Waals surface area contributed by atoms with Crippen molar-refractivity contribution in [1.29, 1.82) is 0 Å². The van der Waals surface area contributed by atoms with Crippen molar-refractivity contribution >= 4 is 16.9 Å². The number of nitrogens with zero attached hydrogens (tertiary/aromatic N) is 3. The number of rotatable bonds is 7. The van der Waals surface area contributed by atoms with E-state index in [1.54, 1.807) is 0 Å². The van der Waals surface area contributed by atoms with Crippen LogP contribution in [-0.2, 0) is 9.53 Å². The highest BCUT2D eigenvalue weighted by Gasteiger charge is 2.40. The number of carbonyl (C=O) groups excluding carboxylic acids is 1. The minimum Gasteiger partial charge on any atom is -0.378 e. The average Bonchev–Trinajstić information content (AvgIpc) is 3.16. The molecule has 3 heterocycles. The third-order valence-corrected chi connectivity index (χ3v) is 7.36. The first-order valence-electron chi connectivity index (χ1n) is 12.5. The molecule has 1 amide bonds. The van der Waals surface area contributed by atoms with Gasteiger partial charge >= 0.3 is 6.18 Å². The number of nitrogens with one attached hydrogen (secondary N) is 1. The Morgan fingerprint density at radius 1 is 1.06 bits per heavy atom. The Morgan fingerprint density at radius 3 is 2.42 bits per heavy atom. The van der Waals surface area contributed by atoms with Crippen LogP contribution in [-0.4, -0.2) is 58.4 Å². The molecule has 36 heavy (non-hydrogen) atoms. The van der Waals surface area contributed by atoms with Gasteiger partial charge in [0.25, 0.3) is 0 Å². The number of imidazole rings is 1. The van der Waals surface area contributed by atoms with Gasteiger partial charge in [-0.05, 0) is 43.9 Å². The molecule has 0 aliphatic carbocycles. The van der Waals surface area contributed by atoms with Crippen LogP contribution in [0.2, 0.25) is 0 Å². The summed E-state index contributed by atoms with van der Waals surface area (Å²) in [6.45, 7) is 3.96. The van der Waals surface area contributed by atoms with Crippen LogP contribution in [0, 0.1) is 6.92 Å².